The van der Waals surface area contributed by atoms with Crippen LogP contribution in [0.25, 0.3) is 0 Å². The van der Waals surface area contributed by atoms with Crippen molar-refractivity contribution < 1.29 is 5.11 Å². The highest BCUT2D eigenvalue weighted by Gasteiger charge is 2.30. The lowest BCUT2D eigenvalue weighted by Gasteiger charge is -2.29. The summed E-state index contributed by atoms with van der Waals surface area (Å²) in [6.45, 7) is 8.19. The molecule has 90 valence electrons. The normalized spacial score (nSPS) is 27.2. The molecule has 1 saturated heterocycles. The summed E-state index contributed by atoms with van der Waals surface area (Å²) in [5.41, 5.74) is -0.500. The van der Waals surface area contributed by atoms with Gasteiger partial charge in [-0.15, -0.1) is 0 Å². The van der Waals surface area contributed by atoms with Gasteiger partial charge in [0.05, 0.1) is 5.60 Å². The molecule has 0 aromatic heterocycles. The summed E-state index contributed by atoms with van der Waals surface area (Å²) in [5, 5.41) is 13.6. The molecular formula is C12H25NOS. The Balaban J connectivity index is 2.25. The average molecular weight is 231 g/mol. The molecule has 1 heterocycles. The highest BCUT2D eigenvalue weighted by Crippen LogP contribution is 2.37. The Morgan fingerprint density at radius 3 is 2.53 bits per heavy atom. The first-order chi connectivity index (χ1) is 7.04. The molecule has 0 saturated carbocycles. The molecule has 3 heteroatoms. The molecule has 0 bridgehead atoms. The Hall–Kier alpha value is 0.270. The van der Waals surface area contributed by atoms with E-state index >= 15 is 0 Å². The van der Waals surface area contributed by atoms with Gasteiger partial charge in [0, 0.05) is 17.8 Å². The van der Waals surface area contributed by atoms with Crippen LogP contribution < -0.4 is 5.32 Å². The van der Waals surface area contributed by atoms with Crippen LogP contribution in [0.1, 0.15) is 46.5 Å². The third-order valence-electron chi connectivity index (χ3n) is 3.57. The van der Waals surface area contributed by atoms with Crippen LogP contribution in [0.2, 0.25) is 0 Å². The Labute approximate surface area is 98.2 Å². The van der Waals surface area contributed by atoms with Crippen LogP contribution in [0, 0.1) is 0 Å². The van der Waals surface area contributed by atoms with E-state index < -0.39 is 5.60 Å². The van der Waals surface area contributed by atoms with Crippen LogP contribution >= 0.6 is 11.8 Å². The molecule has 0 radical (unpaired) electrons. The van der Waals surface area contributed by atoms with E-state index in [4.69, 9.17) is 0 Å². The summed E-state index contributed by atoms with van der Waals surface area (Å²) in [4.78, 5) is 0. The van der Waals surface area contributed by atoms with E-state index in [1.54, 1.807) is 0 Å². The SMILES string of the molecule is CCC(O)(CC)CNCC1(C)CCCS1. The lowest BCUT2D eigenvalue weighted by atomic mass is 9.97. The van der Waals surface area contributed by atoms with Crippen molar-refractivity contribution in [1.82, 2.24) is 5.32 Å². The maximum Gasteiger partial charge on any atom is 0.0766 e. The quantitative estimate of drug-likeness (QED) is 0.736. The molecule has 0 amide bonds. The van der Waals surface area contributed by atoms with E-state index in [0.29, 0.717) is 4.75 Å². The number of aliphatic hydroxyl groups is 1. The molecule has 15 heavy (non-hydrogen) atoms. The van der Waals surface area contributed by atoms with Crippen LogP contribution in [0.15, 0.2) is 0 Å². The lowest BCUT2D eigenvalue weighted by Crippen LogP contribution is -2.43. The molecule has 1 atom stereocenters. The van der Waals surface area contributed by atoms with E-state index in [0.717, 1.165) is 25.9 Å². The minimum Gasteiger partial charge on any atom is -0.389 e. The van der Waals surface area contributed by atoms with Crippen LogP contribution in [0.4, 0.5) is 0 Å². The summed E-state index contributed by atoms with van der Waals surface area (Å²) in [5.74, 6) is 1.30. The molecule has 1 aliphatic rings. The average Bonchev–Trinajstić information content (AvgIpc) is 2.65. The number of rotatable bonds is 6. The Bertz CT molecular complexity index is 182. The van der Waals surface area contributed by atoms with Gasteiger partial charge >= 0.3 is 0 Å². The fourth-order valence-corrected chi connectivity index (χ4v) is 3.31. The van der Waals surface area contributed by atoms with Gasteiger partial charge in [-0.2, -0.15) is 11.8 Å². The van der Waals surface area contributed by atoms with Crippen molar-refractivity contribution in [3.8, 4) is 0 Å². The maximum atomic E-state index is 10.1. The Morgan fingerprint density at radius 2 is 2.07 bits per heavy atom. The number of hydrogen-bond donors (Lipinski definition) is 2. The van der Waals surface area contributed by atoms with Gasteiger partial charge in [0.25, 0.3) is 0 Å². The summed E-state index contributed by atoms with van der Waals surface area (Å²) in [6, 6.07) is 0. The maximum absolute atomic E-state index is 10.1. The molecule has 1 unspecified atom stereocenters. The molecule has 1 fully saturated rings. The van der Waals surface area contributed by atoms with Gasteiger partial charge in [0.2, 0.25) is 0 Å². The summed E-state index contributed by atoms with van der Waals surface area (Å²) >= 11 is 2.07. The predicted molar refractivity (Wildman–Crippen MR) is 68.5 cm³/mol. The second-order valence-corrected chi connectivity index (χ2v) is 6.62. The third kappa shape index (κ3) is 3.97. The van der Waals surface area contributed by atoms with Crippen molar-refractivity contribution in [2.45, 2.75) is 56.8 Å². The second-order valence-electron chi connectivity index (χ2n) is 4.94. The molecule has 1 rings (SSSR count). The zero-order valence-electron chi connectivity index (χ0n) is 10.3. The second kappa shape index (κ2) is 5.55. The van der Waals surface area contributed by atoms with Crippen molar-refractivity contribution in [2.24, 2.45) is 0 Å². The zero-order chi connectivity index (χ0) is 11.4. The van der Waals surface area contributed by atoms with Crippen LogP contribution in [0.3, 0.4) is 0 Å². The van der Waals surface area contributed by atoms with Gasteiger partial charge in [-0.1, -0.05) is 13.8 Å². The van der Waals surface area contributed by atoms with E-state index in [1.165, 1.54) is 18.6 Å². The minimum atomic E-state index is -0.500. The topological polar surface area (TPSA) is 32.3 Å². The number of hydrogen-bond acceptors (Lipinski definition) is 3. The highest BCUT2D eigenvalue weighted by atomic mass is 32.2. The first-order valence-electron chi connectivity index (χ1n) is 6.11. The minimum absolute atomic E-state index is 0.405. The van der Waals surface area contributed by atoms with Crippen molar-refractivity contribution >= 4 is 11.8 Å². The molecule has 1 aliphatic heterocycles. The molecule has 0 aromatic carbocycles. The molecular weight excluding hydrogens is 206 g/mol. The number of thioether (sulfide) groups is 1. The standard InChI is InChI=1S/C12H25NOS/c1-4-12(14,5-2)10-13-9-11(3)7-6-8-15-11/h13-14H,4-10H2,1-3H3. The number of nitrogens with one attached hydrogen (secondary N) is 1. The zero-order valence-corrected chi connectivity index (χ0v) is 11.1. The summed E-state index contributed by atoms with van der Waals surface area (Å²) < 4.78 is 0.405. The first-order valence-corrected chi connectivity index (χ1v) is 7.09. The van der Waals surface area contributed by atoms with Crippen molar-refractivity contribution in [3.05, 3.63) is 0 Å². The molecule has 0 aromatic rings. The smallest absolute Gasteiger partial charge is 0.0766 e. The molecule has 0 spiro atoms. The van der Waals surface area contributed by atoms with E-state index in [1.807, 2.05) is 0 Å². The van der Waals surface area contributed by atoms with E-state index in [9.17, 15) is 5.11 Å². The molecule has 2 N–H and O–H groups in total. The van der Waals surface area contributed by atoms with Crippen molar-refractivity contribution in [2.75, 3.05) is 18.8 Å². The Morgan fingerprint density at radius 1 is 1.40 bits per heavy atom. The summed E-state index contributed by atoms with van der Waals surface area (Å²) in [7, 11) is 0. The van der Waals surface area contributed by atoms with Crippen molar-refractivity contribution in [1.29, 1.82) is 0 Å². The Kier molecular flexibility index (Phi) is 4.94. The van der Waals surface area contributed by atoms with Crippen molar-refractivity contribution in [3.63, 3.8) is 0 Å². The van der Waals surface area contributed by atoms with Gasteiger partial charge in [-0.25, -0.2) is 0 Å². The van der Waals surface area contributed by atoms with Crippen LogP contribution in [-0.4, -0.2) is 34.3 Å². The summed E-state index contributed by atoms with van der Waals surface area (Å²) in [6.07, 6.45) is 4.32. The molecule has 0 aliphatic carbocycles. The first kappa shape index (κ1) is 13.3. The lowest BCUT2D eigenvalue weighted by molar-refractivity contribution is 0.0323. The monoisotopic (exact) mass is 231 g/mol. The fourth-order valence-electron chi connectivity index (χ4n) is 2.04. The largest absolute Gasteiger partial charge is 0.389 e. The predicted octanol–water partition coefficient (Wildman–Crippen LogP) is 2.41. The van der Waals surface area contributed by atoms with Gasteiger partial charge in [-0.3, -0.25) is 0 Å². The van der Waals surface area contributed by atoms with Crippen LogP contribution in [-0.2, 0) is 0 Å². The van der Waals surface area contributed by atoms with Gasteiger partial charge < -0.3 is 10.4 Å². The fraction of sp³-hybridized carbons (Fsp3) is 1.00. The van der Waals surface area contributed by atoms with Gasteiger partial charge in [-0.05, 0) is 38.4 Å². The van der Waals surface area contributed by atoms with Gasteiger partial charge in [0.15, 0.2) is 0 Å². The van der Waals surface area contributed by atoms with E-state index in [2.05, 4.69) is 37.8 Å². The molecule has 2 nitrogen and oxygen atoms in total. The van der Waals surface area contributed by atoms with Gasteiger partial charge in [0.1, 0.15) is 0 Å². The van der Waals surface area contributed by atoms with E-state index in [-0.39, 0.29) is 0 Å². The third-order valence-corrected chi connectivity index (χ3v) is 5.11. The van der Waals surface area contributed by atoms with Crippen LogP contribution in [0.5, 0.6) is 0 Å². The highest BCUT2D eigenvalue weighted by molar-refractivity contribution is 8.00.